The largest absolute Gasteiger partial charge is 0.334 e. The molecule has 5 heteroatoms. The molecule has 0 saturated heterocycles. The Morgan fingerprint density at radius 1 is 1.14 bits per heavy atom. The van der Waals surface area contributed by atoms with Crippen molar-refractivity contribution in [2.75, 3.05) is 7.05 Å². The van der Waals surface area contributed by atoms with E-state index >= 15 is 0 Å². The molecular formula is C17H15ClFNO2. The fourth-order valence-electron chi connectivity index (χ4n) is 1.99. The number of likely N-dealkylation sites (N-methyl/N-ethyl adjacent to an activating group) is 1. The first kappa shape index (κ1) is 16.2. The summed E-state index contributed by atoms with van der Waals surface area (Å²) < 4.78 is 13.7. The summed E-state index contributed by atoms with van der Waals surface area (Å²) in [5.74, 6) is -1.84. The number of aryl methyl sites for hydroxylation is 1. The molecule has 0 aliphatic heterocycles. The summed E-state index contributed by atoms with van der Waals surface area (Å²) in [5.41, 5.74) is 1.49. The Labute approximate surface area is 133 Å². The van der Waals surface area contributed by atoms with E-state index in [1.807, 2.05) is 6.92 Å². The molecule has 22 heavy (non-hydrogen) atoms. The Kier molecular flexibility index (Phi) is 4.93. The van der Waals surface area contributed by atoms with Crippen LogP contribution in [-0.4, -0.2) is 23.6 Å². The average Bonchev–Trinajstić information content (AvgIpc) is 2.50. The third-order valence-corrected chi connectivity index (χ3v) is 3.67. The zero-order valence-corrected chi connectivity index (χ0v) is 13.0. The van der Waals surface area contributed by atoms with E-state index in [1.165, 1.54) is 19.2 Å². The summed E-state index contributed by atoms with van der Waals surface area (Å²) in [6.45, 7) is 1.82. The second-order valence-corrected chi connectivity index (χ2v) is 5.46. The van der Waals surface area contributed by atoms with E-state index < -0.39 is 17.5 Å². The van der Waals surface area contributed by atoms with E-state index in [2.05, 4.69) is 0 Å². The fraction of sp³-hybridized carbons (Fsp3) is 0.176. The summed E-state index contributed by atoms with van der Waals surface area (Å²) in [7, 11) is 1.44. The predicted octanol–water partition coefficient (Wildman–Crippen LogP) is 3.63. The Balaban J connectivity index is 2.15. The molecule has 2 aromatic carbocycles. The maximum Gasteiger partial charge on any atom is 0.295 e. The molecule has 0 N–H and O–H groups in total. The second kappa shape index (κ2) is 6.71. The Hall–Kier alpha value is -2.20. The third kappa shape index (κ3) is 3.52. The number of rotatable bonds is 4. The molecule has 0 radical (unpaired) electrons. The van der Waals surface area contributed by atoms with Gasteiger partial charge in [-0.1, -0.05) is 47.5 Å². The number of ketones is 1. The molecule has 2 aromatic rings. The minimum absolute atomic E-state index is 0.0675. The van der Waals surface area contributed by atoms with Crippen molar-refractivity contribution in [3.63, 3.8) is 0 Å². The monoisotopic (exact) mass is 319 g/mol. The highest BCUT2D eigenvalue weighted by Crippen LogP contribution is 2.20. The van der Waals surface area contributed by atoms with Crippen molar-refractivity contribution < 1.29 is 14.0 Å². The molecule has 0 unspecified atom stereocenters. The first-order valence-corrected chi connectivity index (χ1v) is 7.07. The standard InChI is InChI=1S/C17H15ClFNO2/c1-11-6-8-12(9-7-11)16(21)17(22)20(2)10-13-14(18)4-3-5-15(13)19/h3-9H,10H2,1-2H3. The van der Waals surface area contributed by atoms with Gasteiger partial charge in [-0.2, -0.15) is 0 Å². The molecule has 0 aliphatic carbocycles. The van der Waals surface area contributed by atoms with Gasteiger partial charge in [0.1, 0.15) is 5.82 Å². The van der Waals surface area contributed by atoms with Gasteiger partial charge < -0.3 is 4.90 Å². The maximum atomic E-state index is 13.7. The number of nitrogens with zero attached hydrogens (tertiary/aromatic N) is 1. The van der Waals surface area contributed by atoms with E-state index in [0.717, 1.165) is 10.5 Å². The SMILES string of the molecule is Cc1ccc(C(=O)C(=O)N(C)Cc2c(F)cccc2Cl)cc1. The van der Waals surface area contributed by atoms with E-state index in [-0.39, 0.29) is 17.1 Å². The maximum absolute atomic E-state index is 13.7. The number of carbonyl (C=O) groups is 2. The van der Waals surface area contributed by atoms with Crippen LogP contribution >= 0.6 is 11.6 Å². The summed E-state index contributed by atoms with van der Waals surface area (Å²) in [6, 6.07) is 11.0. The molecule has 0 fully saturated rings. The highest BCUT2D eigenvalue weighted by atomic mass is 35.5. The summed E-state index contributed by atoms with van der Waals surface area (Å²) in [5, 5.41) is 0.224. The molecule has 0 bridgehead atoms. The lowest BCUT2D eigenvalue weighted by Gasteiger charge is -2.17. The van der Waals surface area contributed by atoms with Crippen molar-refractivity contribution in [3.8, 4) is 0 Å². The summed E-state index contributed by atoms with van der Waals surface area (Å²) in [4.78, 5) is 25.5. The topological polar surface area (TPSA) is 37.4 Å². The molecule has 0 aromatic heterocycles. The van der Waals surface area contributed by atoms with Gasteiger partial charge >= 0.3 is 0 Å². The minimum atomic E-state index is -0.705. The second-order valence-electron chi connectivity index (χ2n) is 5.06. The first-order chi connectivity index (χ1) is 10.4. The molecular weight excluding hydrogens is 305 g/mol. The molecule has 0 saturated carbocycles. The van der Waals surface area contributed by atoms with E-state index in [4.69, 9.17) is 11.6 Å². The van der Waals surface area contributed by atoms with Gasteiger partial charge in [0, 0.05) is 23.2 Å². The zero-order chi connectivity index (χ0) is 16.3. The lowest BCUT2D eigenvalue weighted by atomic mass is 10.1. The number of amides is 1. The van der Waals surface area contributed by atoms with Crippen molar-refractivity contribution in [3.05, 3.63) is 70.0 Å². The van der Waals surface area contributed by atoms with Gasteiger partial charge in [-0.15, -0.1) is 0 Å². The van der Waals surface area contributed by atoms with Crippen LogP contribution in [0.3, 0.4) is 0 Å². The van der Waals surface area contributed by atoms with Crippen molar-refractivity contribution in [2.45, 2.75) is 13.5 Å². The predicted molar refractivity (Wildman–Crippen MR) is 83.4 cm³/mol. The van der Waals surface area contributed by atoms with Gasteiger partial charge in [-0.25, -0.2) is 4.39 Å². The van der Waals surface area contributed by atoms with Crippen LogP contribution in [0, 0.1) is 12.7 Å². The zero-order valence-electron chi connectivity index (χ0n) is 12.3. The Morgan fingerprint density at radius 3 is 2.36 bits per heavy atom. The number of halogens is 2. The van der Waals surface area contributed by atoms with E-state index in [0.29, 0.717) is 5.56 Å². The van der Waals surface area contributed by atoms with Crippen LogP contribution in [0.5, 0.6) is 0 Å². The number of hydrogen-bond acceptors (Lipinski definition) is 2. The highest BCUT2D eigenvalue weighted by molar-refractivity contribution is 6.42. The van der Waals surface area contributed by atoms with Gasteiger partial charge in [-0.3, -0.25) is 9.59 Å². The molecule has 0 spiro atoms. The molecule has 0 heterocycles. The quantitative estimate of drug-likeness (QED) is 0.637. The minimum Gasteiger partial charge on any atom is -0.334 e. The van der Waals surface area contributed by atoms with Crippen LogP contribution in [0.15, 0.2) is 42.5 Å². The van der Waals surface area contributed by atoms with Gasteiger partial charge in [0.2, 0.25) is 5.78 Å². The lowest BCUT2D eigenvalue weighted by molar-refractivity contribution is -0.125. The summed E-state index contributed by atoms with van der Waals surface area (Å²) in [6.07, 6.45) is 0. The van der Waals surface area contributed by atoms with Crippen molar-refractivity contribution >= 4 is 23.3 Å². The van der Waals surface area contributed by atoms with Crippen LogP contribution in [0.2, 0.25) is 5.02 Å². The number of Topliss-reactive ketones (excluding diaryl/α,β-unsaturated/α-hetero) is 1. The highest BCUT2D eigenvalue weighted by Gasteiger charge is 2.22. The van der Waals surface area contributed by atoms with Crippen LogP contribution in [0.1, 0.15) is 21.5 Å². The van der Waals surface area contributed by atoms with Crippen LogP contribution in [-0.2, 0) is 11.3 Å². The molecule has 1 amide bonds. The fourth-order valence-corrected chi connectivity index (χ4v) is 2.22. The van der Waals surface area contributed by atoms with Crippen molar-refractivity contribution in [1.82, 2.24) is 4.90 Å². The van der Waals surface area contributed by atoms with Gasteiger partial charge in [0.15, 0.2) is 0 Å². The van der Waals surface area contributed by atoms with Crippen LogP contribution in [0.25, 0.3) is 0 Å². The Morgan fingerprint density at radius 2 is 1.77 bits per heavy atom. The van der Waals surface area contributed by atoms with Gasteiger partial charge in [-0.05, 0) is 19.1 Å². The van der Waals surface area contributed by atoms with Gasteiger partial charge in [0.25, 0.3) is 5.91 Å². The Bertz CT molecular complexity index is 693. The van der Waals surface area contributed by atoms with Crippen LogP contribution in [0.4, 0.5) is 4.39 Å². The molecule has 114 valence electrons. The molecule has 2 rings (SSSR count). The van der Waals surface area contributed by atoms with Crippen LogP contribution < -0.4 is 0 Å². The number of carbonyl (C=O) groups excluding carboxylic acids is 2. The van der Waals surface area contributed by atoms with Crippen molar-refractivity contribution in [1.29, 1.82) is 0 Å². The summed E-state index contributed by atoms with van der Waals surface area (Å²) >= 11 is 5.93. The molecule has 0 aliphatic rings. The van der Waals surface area contributed by atoms with Crippen molar-refractivity contribution in [2.24, 2.45) is 0 Å². The first-order valence-electron chi connectivity index (χ1n) is 6.69. The number of hydrogen-bond donors (Lipinski definition) is 0. The third-order valence-electron chi connectivity index (χ3n) is 3.31. The van der Waals surface area contributed by atoms with E-state index in [1.54, 1.807) is 30.3 Å². The normalized spacial score (nSPS) is 10.4. The van der Waals surface area contributed by atoms with Gasteiger partial charge in [0.05, 0.1) is 6.54 Å². The smallest absolute Gasteiger partial charge is 0.295 e. The average molecular weight is 320 g/mol. The number of benzene rings is 2. The molecule has 3 nitrogen and oxygen atoms in total. The molecule has 0 atom stereocenters. The lowest BCUT2D eigenvalue weighted by Crippen LogP contribution is -2.33. The van der Waals surface area contributed by atoms with E-state index in [9.17, 15) is 14.0 Å².